The van der Waals surface area contributed by atoms with Crippen LogP contribution in [0.4, 0.5) is 0 Å². The van der Waals surface area contributed by atoms with E-state index in [0.717, 1.165) is 12.1 Å². The third-order valence-electron chi connectivity index (χ3n) is 5.06. The third-order valence-corrected chi connectivity index (χ3v) is 5.06. The van der Waals surface area contributed by atoms with Crippen molar-refractivity contribution in [3.8, 4) is 0 Å². The lowest BCUT2D eigenvalue weighted by Gasteiger charge is -2.43. The van der Waals surface area contributed by atoms with Gasteiger partial charge in [-0.3, -0.25) is 0 Å². The molecule has 16 heavy (non-hydrogen) atoms. The molecule has 0 N–H and O–H groups in total. The van der Waals surface area contributed by atoms with E-state index in [1.54, 1.807) is 0 Å². The quantitative estimate of drug-likeness (QED) is 0.590. The van der Waals surface area contributed by atoms with E-state index in [0.29, 0.717) is 0 Å². The molecule has 98 valence electrons. The summed E-state index contributed by atoms with van der Waals surface area (Å²) < 4.78 is 2.39. The van der Waals surface area contributed by atoms with Gasteiger partial charge < -0.3 is 8.97 Å². The second-order valence-electron chi connectivity index (χ2n) is 6.23. The van der Waals surface area contributed by atoms with Gasteiger partial charge >= 0.3 is 0 Å². The normalized spacial score (nSPS) is 19.9. The first-order valence-electron chi connectivity index (χ1n) is 6.90. The summed E-state index contributed by atoms with van der Waals surface area (Å²) in [5, 5.41) is 0. The molecule has 0 aliphatic rings. The van der Waals surface area contributed by atoms with Crippen molar-refractivity contribution < 1.29 is 8.97 Å². The molecule has 0 heterocycles. The fourth-order valence-corrected chi connectivity index (χ4v) is 2.02. The summed E-state index contributed by atoms with van der Waals surface area (Å²) in [6.45, 7) is 19.0. The number of likely N-dealkylation sites (N-methyl/N-ethyl adjacent to an activating group) is 2. The van der Waals surface area contributed by atoms with E-state index in [4.69, 9.17) is 0 Å². The van der Waals surface area contributed by atoms with Crippen molar-refractivity contribution in [2.24, 2.45) is 0 Å². The van der Waals surface area contributed by atoms with Crippen molar-refractivity contribution in [2.45, 2.75) is 53.6 Å². The predicted molar refractivity (Wildman–Crippen MR) is 73.5 cm³/mol. The van der Waals surface area contributed by atoms with Crippen LogP contribution in [0, 0.1) is 0 Å². The lowest BCUT2D eigenvalue weighted by atomic mass is 10.2. The van der Waals surface area contributed by atoms with E-state index in [-0.39, 0.29) is 0 Å². The predicted octanol–water partition coefficient (Wildman–Crippen LogP) is 2.74. The third kappa shape index (κ3) is 3.74. The van der Waals surface area contributed by atoms with Crippen LogP contribution in [-0.2, 0) is 0 Å². The Morgan fingerprint density at radius 3 is 1.06 bits per heavy atom. The smallest absolute Gasteiger partial charge is 0.128 e. The Bertz CT molecular complexity index is 179. The minimum absolute atomic E-state index is 0.725. The highest BCUT2D eigenvalue weighted by molar-refractivity contribution is 4.48. The number of quaternary nitrogens is 2. The van der Waals surface area contributed by atoms with E-state index in [1.807, 2.05) is 0 Å². The van der Waals surface area contributed by atoms with Crippen LogP contribution in [0.5, 0.6) is 0 Å². The average Bonchev–Trinajstić information content (AvgIpc) is 2.24. The SMILES string of the molecule is CC[N+](C)(CC[N+](C)(CC)C(C)C)C(C)C. The Morgan fingerprint density at radius 2 is 0.938 bits per heavy atom. The molecule has 0 bridgehead atoms. The highest BCUT2D eigenvalue weighted by Gasteiger charge is 2.30. The van der Waals surface area contributed by atoms with Gasteiger partial charge in [-0.1, -0.05) is 0 Å². The van der Waals surface area contributed by atoms with Crippen molar-refractivity contribution >= 4 is 0 Å². The van der Waals surface area contributed by atoms with Crippen LogP contribution >= 0.6 is 0 Å². The minimum Gasteiger partial charge on any atom is -0.320 e. The molecule has 0 saturated carbocycles. The van der Waals surface area contributed by atoms with Gasteiger partial charge in [0.1, 0.15) is 13.1 Å². The molecule has 2 atom stereocenters. The number of hydrogen-bond acceptors (Lipinski definition) is 0. The summed E-state index contributed by atoms with van der Waals surface area (Å²) >= 11 is 0. The fraction of sp³-hybridized carbons (Fsp3) is 1.00. The topological polar surface area (TPSA) is 0 Å². The highest BCUT2D eigenvalue weighted by Crippen LogP contribution is 2.14. The van der Waals surface area contributed by atoms with Gasteiger partial charge in [0, 0.05) is 0 Å². The van der Waals surface area contributed by atoms with Crippen molar-refractivity contribution in [1.29, 1.82) is 0 Å². The van der Waals surface area contributed by atoms with Gasteiger partial charge in [0.25, 0.3) is 0 Å². The Kier molecular flexibility index (Phi) is 5.99. The van der Waals surface area contributed by atoms with E-state index in [9.17, 15) is 0 Å². The molecule has 2 unspecified atom stereocenters. The molecular formula is C14H34N2+2. The lowest BCUT2D eigenvalue weighted by molar-refractivity contribution is -0.981. The minimum atomic E-state index is 0.725. The average molecular weight is 230 g/mol. The largest absolute Gasteiger partial charge is 0.320 e. The molecule has 0 spiro atoms. The zero-order valence-electron chi connectivity index (χ0n) is 12.9. The molecule has 0 radical (unpaired) electrons. The summed E-state index contributed by atoms with van der Waals surface area (Å²) in [5.74, 6) is 0. The van der Waals surface area contributed by atoms with E-state index < -0.39 is 0 Å². The summed E-state index contributed by atoms with van der Waals surface area (Å²) in [6, 6.07) is 1.45. The molecule has 0 rings (SSSR count). The highest BCUT2D eigenvalue weighted by atomic mass is 15.4. The zero-order valence-corrected chi connectivity index (χ0v) is 12.9. The van der Waals surface area contributed by atoms with Crippen LogP contribution in [0.25, 0.3) is 0 Å². The second kappa shape index (κ2) is 6.02. The van der Waals surface area contributed by atoms with Crippen molar-refractivity contribution in [3.05, 3.63) is 0 Å². The Balaban J connectivity index is 4.52. The number of hydrogen-bond donors (Lipinski definition) is 0. The first kappa shape index (κ1) is 15.9. The molecule has 0 aromatic rings. The Morgan fingerprint density at radius 1 is 0.688 bits per heavy atom. The molecule has 2 heteroatoms. The second-order valence-corrected chi connectivity index (χ2v) is 6.23. The molecule has 0 aromatic carbocycles. The molecule has 0 saturated heterocycles. The van der Waals surface area contributed by atoms with Gasteiger partial charge in [0.2, 0.25) is 0 Å². The lowest BCUT2D eigenvalue weighted by Crippen LogP contribution is -2.58. The van der Waals surface area contributed by atoms with Crippen molar-refractivity contribution in [3.63, 3.8) is 0 Å². The standard InChI is InChI=1S/C14H34N2/c1-9-15(7,13(3)4)11-12-16(8,10-2)14(5)6/h13-14H,9-12H2,1-8H3/q+2. The van der Waals surface area contributed by atoms with Crippen LogP contribution in [0.1, 0.15) is 41.5 Å². The molecule has 0 amide bonds. The molecule has 0 aliphatic heterocycles. The molecule has 0 aromatic heterocycles. The summed E-state index contributed by atoms with van der Waals surface area (Å²) in [6.07, 6.45) is 0. The molecule has 0 aliphatic carbocycles. The van der Waals surface area contributed by atoms with Crippen LogP contribution < -0.4 is 0 Å². The fourth-order valence-electron chi connectivity index (χ4n) is 2.02. The molecular weight excluding hydrogens is 196 g/mol. The van der Waals surface area contributed by atoms with E-state index in [2.05, 4.69) is 55.6 Å². The van der Waals surface area contributed by atoms with Crippen LogP contribution in [-0.4, -0.2) is 61.3 Å². The van der Waals surface area contributed by atoms with Gasteiger partial charge in [-0.15, -0.1) is 0 Å². The van der Waals surface area contributed by atoms with Gasteiger partial charge in [0.15, 0.2) is 0 Å². The van der Waals surface area contributed by atoms with Gasteiger partial charge in [0.05, 0.1) is 39.3 Å². The maximum Gasteiger partial charge on any atom is 0.128 e. The monoisotopic (exact) mass is 230 g/mol. The van der Waals surface area contributed by atoms with Crippen molar-refractivity contribution in [1.82, 2.24) is 0 Å². The van der Waals surface area contributed by atoms with Crippen LogP contribution in [0.15, 0.2) is 0 Å². The summed E-state index contributed by atoms with van der Waals surface area (Å²) in [4.78, 5) is 0. The van der Waals surface area contributed by atoms with Gasteiger partial charge in [-0.2, -0.15) is 0 Å². The van der Waals surface area contributed by atoms with Crippen molar-refractivity contribution in [2.75, 3.05) is 40.3 Å². The molecule has 2 nitrogen and oxygen atoms in total. The summed E-state index contributed by atoms with van der Waals surface area (Å²) in [5.41, 5.74) is 0. The number of nitrogens with zero attached hydrogens (tertiary/aromatic N) is 2. The Labute approximate surface area is 103 Å². The van der Waals surface area contributed by atoms with Crippen LogP contribution in [0.3, 0.4) is 0 Å². The maximum atomic E-state index is 2.39. The van der Waals surface area contributed by atoms with E-state index in [1.165, 1.54) is 35.1 Å². The van der Waals surface area contributed by atoms with E-state index >= 15 is 0 Å². The first-order chi connectivity index (χ1) is 7.22. The Hall–Kier alpha value is -0.0800. The van der Waals surface area contributed by atoms with Crippen LogP contribution in [0.2, 0.25) is 0 Å². The zero-order chi connectivity index (χ0) is 13.0. The molecule has 0 fully saturated rings. The number of rotatable bonds is 7. The first-order valence-corrected chi connectivity index (χ1v) is 6.90. The summed E-state index contributed by atoms with van der Waals surface area (Å²) in [7, 11) is 4.79. The van der Waals surface area contributed by atoms with Gasteiger partial charge in [-0.05, 0) is 41.5 Å². The van der Waals surface area contributed by atoms with Gasteiger partial charge in [-0.25, -0.2) is 0 Å². The maximum absolute atomic E-state index is 2.39.